The average Bonchev–Trinajstić information content (AvgIpc) is 2.65. The van der Waals surface area contributed by atoms with Gasteiger partial charge in [-0.05, 0) is 59.2 Å². The zero-order valence-corrected chi connectivity index (χ0v) is 11.9. The van der Waals surface area contributed by atoms with Crippen LogP contribution in [0.3, 0.4) is 0 Å². The van der Waals surface area contributed by atoms with E-state index in [1.54, 1.807) is 0 Å². The van der Waals surface area contributed by atoms with Crippen LogP contribution in [0.25, 0.3) is 0 Å². The van der Waals surface area contributed by atoms with E-state index in [-0.39, 0.29) is 0 Å². The van der Waals surface area contributed by atoms with Crippen LogP contribution in [-0.4, -0.2) is 48.1 Å². The minimum Gasteiger partial charge on any atom is -0.303 e. The lowest BCUT2D eigenvalue weighted by Crippen LogP contribution is -2.40. The highest BCUT2D eigenvalue weighted by Gasteiger charge is 2.30. The first-order chi connectivity index (χ1) is 7.47. The lowest BCUT2D eigenvalue weighted by molar-refractivity contribution is 0.159. The highest BCUT2D eigenvalue weighted by molar-refractivity contribution is 4.85. The summed E-state index contributed by atoms with van der Waals surface area (Å²) in [5, 5.41) is 0. The van der Waals surface area contributed by atoms with Crippen molar-refractivity contribution in [1.29, 1.82) is 0 Å². The molecule has 0 aromatic heterocycles. The molecule has 1 saturated heterocycles. The van der Waals surface area contributed by atoms with E-state index in [2.05, 4.69) is 44.4 Å². The van der Waals surface area contributed by atoms with Gasteiger partial charge in [0.2, 0.25) is 0 Å². The Bertz CT molecular complexity index is 195. The SMILES string of the molecule is CCCN(CC)C[C@H]1CCN(C(C)(C)C)C1. The summed E-state index contributed by atoms with van der Waals surface area (Å²) in [4.78, 5) is 5.24. The van der Waals surface area contributed by atoms with Crippen molar-refractivity contribution in [1.82, 2.24) is 9.80 Å². The molecule has 0 saturated carbocycles. The largest absolute Gasteiger partial charge is 0.303 e. The molecule has 1 atom stereocenters. The summed E-state index contributed by atoms with van der Waals surface area (Å²) in [7, 11) is 0. The molecule has 16 heavy (non-hydrogen) atoms. The van der Waals surface area contributed by atoms with Crippen LogP contribution < -0.4 is 0 Å². The summed E-state index contributed by atoms with van der Waals surface area (Å²) in [5.74, 6) is 0.894. The summed E-state index contributed by atoms with van der Waals surface area (Å²) < 4.78 is 0. The Morgan fingerprint density at radius 2 is 1.94 bits per heavy atom. The summed E-state index contributed by atoms with van der Waals surface area (Å²) >= 11 is 0. The second kappa shape index (κ2) is 6.02. The standard InChI is InChI=1S/C14H30N2/c1-6-9-15(7-2)11-13-8-10-16(12-13)14(3,4)5/h13H,6-12H2,1-5H3/t13-/m1/s1. The monoisotopic (exact) mass is 226 g/mol. The second-order valence-electron chi connectivity index (χ2n) is 6.16. The van der Waals surface area contributed by atoms with Crippen molar-refractivity contribution in [2.24, 2.45) is 5.92 Å². The maximum absolute atomic E-state index is 2.64. The topological polar surface area (TPSA) is 6.48 Å². The van der Waals surface area contributed by atoms with E-state index in [1.807, 2.05) is 0 Å². The molecule has 2 heteroatoms. The van der Waals surface area contributed by atoms with Crippen molar-refractivity contribution in [2.75, 3.05) is 32.7 Å². The van der Waals surface area contributed by atoms with E-state index < -0.39 is 0 Å². The maximum atomic E-state index is 2.64. The molecule has 0 bridgehead atoms. The average molecular weight is 226 g/mol. The minimum absolute atomic E-state index is 0.358. The molecule has 0 N–H and O–H groups in total. The molecule has 0 amide bonds. The van der Waals surface area contributed by atoms with Gasteiger partial charge in [-0.25, -0.2) is 0 Å². The molecule has 1 aliphatic heterocycles. The van der Waals surface area contributed by atoms with Gasteiger partial charge in [-0.1, -0.05) is 13.8 Å². The maximum Gasteiger partial charge on any atom is 0.0125 e. The molecule has 1 fully saturated rings. The minimum atomic E-state index is 0.358. The first kappa shape index (κ1) is 14.0. The number of rotatable bonds is 5. The van der Waals surface area contributed by atoms with Crippen molar-refractivity contribution in [3.63, 3.8) is 0 Å². The molecule has 1 rings (SSSR count). The van der Waals surface area contributed by atoms with Crippen molar-refractivity contribution in [2.45, 2.75) is 53.0 Å². The quantitative estimate of drug-likeness (QED) is 0.711. The van der Waals surface area contributed by atoms with E-state index in [0.717, 1.165) is 5.92 Å². The fourth-order valence-corrected chi connectivity index (χ4v) is 2.65. The van der Waals surface area contributed by atoms with Gasteiger partial charge in [-0.2, -0.15) is 0 Å². The van der Waals surface area contributed by atoms with E-state index in [0.29, 0.717) is 5.54 Å². The van der Waals surface area contributed by atoms with E-state index in [1.165, 1.54) is 45.6 Å². The summed E-state index contributed by atoms with van der Waals surface area (Å²) in [6.45, 7) is 17.9. The Labute approximate surface area is 102 Å². The Kier molecular flexibility index (Phi) is 5.26. The van der Waals surface area contributed by atoms with Gasteiger partial charge in [0.25, 0.3) is 0 Å². The molecule has 0 spiro atoms. The highest BCUT2D eigenvalue weighted by Crippen LogP contribution is 2.24. The van der Waals surface area contributed by atoms with Crippen LogP contribution in [0.15, 0.2) is 0 Å². The number of hydrogen-bond acceptors (Lipinski definition) is 2. The van der Waals surface area contributed by atoms with Gasteiger partial charge in [-0.3, -0.25) is 4.90 Å². The van der Waals surface area contributed by atoms with Crippen LogP contribution in [-0.2, 0) is 0 Å². The van der Waals surface area contributed by atoms with Gasteiger partial charge >= 0.3 is 0 Å². The Morgan fingerprint density at radius 1 is 1.25 bits per heavy atom. The third-order valence-electron chi connectivity index (χ3n) is 3.74. The zero-order chi connectivity index (χ0) is 12.2. The Balaban J connectivity index is 2.35. The summed E-state index contributed by atoms with van der Waals surface area (Å²) in [5.41, 5.74) is 0.358. The Hall–Kier alpha value is -0.0800. The van der Waals surface area contributed by atoms with Crippen molar-refractivity contribution in [3.8, 4) is 0 Å². The summed E-state index contributed by atoms with van der Waals surface area (Å²) in [6.07, 6.45) is 2.67. The van der Waals surface area contributed by atoms with E-state index in [4.69, 9.17) is 0 Å². The first-order valence-corrected chi connectivity index (χ1v) is 6.94. The van der Waals surface area contributed by atoms with Crippen LogP contribution in [0.2, 0.25) is 0 Å². The number of likely N-dealkylation sites (tertiary alicyclic amines) is 1. The third-order valence-corrected chi connectivity index (χ3v) is 3.74. The molecule has 1 aliphatic rings. The van der Waals surface area contributed by atoms with Gasteiger partial charge in [-0.15, -0.1) is 0 Å². The lowest BCUT2D eigenvalue weighted by Gasteiger charge is -2.32. The van der Waals surface area contributed by atoms with Crippen molar-refractivity contribution >= 4 is 0 Å². The fourth-order valence-electron chi connectivity index (χ4n) is 2.65. The second-order valence-corrected chi connectivity index (χ2v) is 6.16. The Morgan fingerprint density at radius 3 is 2.38 bits per heavy atom. The van der Waals surface area contributed by atoms with Gasteiger partial charge in [0.05, 0.1) is 0 Å². The number of nitrogens with zero attached hydrogens (tertiary/aromatic N) is 2. The fraction of sp³-hybridized carbons (Fsp3) is 1.00. The van der Waals surface area contributed by atoms with Crippen LogP contribution in [0.4, 0.5) is 0 Å². The molecule has 1 heterocycles. The molecule has 96 valence electrons. The van der Waals surface area contributed by atoms with Gasteiger partial charge in [0.15, 0.2) is 0 Å². The molecule has 2 nitrogen and oxygen atoms in total. The summed E-state index contributed by atoms with van der Waals surface area (Å²) in [6, 6.07) is 0. The first-order valence-electron chi connectivity index (χ1n) is 6.94. The van der Waals surface area contributed by atoms with Gasteiger partial charge < -0.3 is 4.90 Å². The molecular formula is C14H30N2. The third kappa shape index (κ3) is 4.06. The molecule has 0 unspecified atom stereocenters. The molecular weight excluding hydrogens is 196 g/mol. The molecule has 0 aromatic rings. The number of hydrogen-bond donors (Lipinski definition) is 0. The van der Waals surface area contributed by atoms with E-state index >= 15 is 0 Å². The van der Waals surface area contributed by atoms with E-state index in [9.17, 15) is 0 Å². The normalized spacial score (nSPS) is 23.2. The van der Waals surface area contributed by atoms with Crippen LogP contribution in [0.1, 0.15) is 47.5 Å². The molecule has 0 aliphatic carbocycles. The van der Waals surface area contributed by atoms with Gasteiger partial charge in [0, 0.05) is 18.6 Å². The predicted molar refractivity (Wildman–Crippen MR) is 71.8 cm³/mol. The van der Waals surface area contributed by atoms with Crippen LogP contribution in [0, 0.1) is 5.92 Å². The van der Waals surface area contributed by atoms with Gasteiger partial charge in [0.1, 0.15) is 0 Å². The van der Waals surface area contributed by atoms with Crippen LogP contribution >= 0.6 is 0 Å². The van der Waals surface area contributed by atoms with Crippen molar-refractivity contribution < 1.29 is 0 Å². The van der Waals surface area contributed by atoms with Crippen molar-refractivity contribution in [3.05, 3.63) is 0 Å². The lowest BCUT2D eigenvalue weighted by atomic mass is 10.1. The predicted octanol–water partition coefficient (Wildman–Crippen LogP) is 2.84. The zero-order valence-electron chi connectivity index (χ0n) is 11.9. The molecule has 0 radical (unpaired) electrons. The highest BCUT2D eigenvalue weighted by atomic mass is 15.2. The van der Waals surface area contributed by atoms with Crippen LogP contribution in [0.5, 0.6) is 0 Å². The molecule has 0 aromatic carbocycles. The smallest absolute Gasteiger partial charge is 0.0125 e.